The van der Waals surface area contributed by atoms with E-state index in [-0.39, 0.29) is 28.4 Å². The van der Waals surface area contributed by atoms with E-state index >= 15 is 0 Å². The molecule has 2 rings (SSSR count). The molecule has 22 heavy (non-hydrogen) atoms. The van der Waals surface area contributed by atoms with Crippen LogP contribution in [-0.4, -0.2) is 10.9 Å². The van der Waals surface area contributed by atoms with Gasteiger partial charge in [-0.05, 0) is 30.1 Å². The molecule has 2 aliphatic carbocycles. The number of carbonyl (C=O) groups excluding carboxylic acids is 1. The highest BCUT2D eigenvalue weighted by Crippen LogP contribution is 2.60. The van der Waals surface area contributed by atoms with Crippen molar-refractivity contribution in [2.45, 2.75) is 80.1 Å². The number of Topliss-reactive ketones (excluding diaryl/α,β-unsaturated/α-hetero) is 1. The first-order chi connectivity index (χ1) is 10.2. The van der Waals surface area contributed by atoms with Gasteiger partial charge in [-0.25, -0.2) is 0 Å². The monoisotopic (exact) mass is 306 g/mol. The maximum absolute atomic E-state index is 13.0. The van der Waals surface area contributed by atoms with Crippen molar-refractivity contribution < 1.29 is 9.90 Å². The molecule has 0 aromatic heterocycles. The summed E-state index contributed by atoms with van der Waals surface area (Å²) in [6, 6.07) is 0. The van der Waals surface area contributed by atoms with Crippen LogP contribution in [0.4, 0.5) is 0 Å². The fourth-order valence-corrected chi connectivity index (χ4v) is 4.72. The maximum atomic E-state index is 13.0. The molecule has 0 spiro atoms. The summed E-state index contributed by atoms with van der Waals surface area (Å²) >= 11 is 0. The summed E-state index contributed by atoms with van der Waals surface area (Å²) in [6.07, 6.45) is 7.04. The fourth-order valence-electron chi connectivity index (χ4n) is 4.72. The lowest BCUT2D eigenvalue weighted by molar-refractivity contribution is -0.120. The number of allylic oxidation sites excluding steroid dienone is 2. The predicted octanol–water partition coefficient (Wildman–Crippen LogP) is 5.68. The minimum absolute atomic E-state index is 0.0395. The fraction of sp³-hybridized carbons (Fsp3) is 0.850. The summed E-state index contributed by atoms with van der Waals surface area (Å²) in [7, 11) is 0. The molecule has 0 amide bonds. The predicted molar refractivity (Wildman–Crippen MR) is 91.7 cm³/mol. The molecule has 3 atom stereocenters. The molecule has 1 fully saturated rings. The van der Waals surface area contributed by atoms with E-state index in [0.717, 1.165) is 18.4 Å². The smallest absolute Gasteiger partial charge is 0.165 e. The summed E-state index contributed by atoms with van der Waals surface area (Å²) in [5.74, 6) is 1.44. The van der Waals surface area contributed by atoms with Gasteiger partial charge in [0.05, 0.1) is 0 Å². The van der Waals surface area contributed by atoms with Gasteiger partial charge >= 0.3 is 0 Å². The highest BCUT2D eigenvalue weighted by molar-refractivity contribution is 5.98. The van der Waals surface area contributed by atoms with Gasteiger partial charge in [0.1, 0.15) is 5.76 Å². The number of aliphatic hydroxyl groups is 1. The highest BCUT2D eigenvalue weighted by Gasteiger charge is 2.56. The van der Waals surface area contributed by atoms with Gasteiger partial charge in [-0.15, -0.1) is 0 Å². The zero-order valence-corrected chi connectivity index (χ0v) is 15.3. The quantitative estimate of drug-likeness (QED) is 0.710. The average Bonchev–Trinajstić information content (AvgIpc) is 3.01. The largest absolute Gasteiger partial charge is 0.511 e. The standard InChI is InChI=1S/C20H34O2/c1-7-20(6)18(22)16(14(3)19(20,4)5)17(21)13(2)12-15-10-8-9-11-15/h13-15,22H,7-12H2,1-6H3. The Morgan fingerprint density at radius 3 is 2.27 bits per heavy atom. The second-order valence-corrected chi connectivity index (χ2v) is 8.54. The third-order valence-corrected chi connectivity index (χ3v) is 7.30. The summed E-state index contributed by atoms with van der Waals surface area (Å²) in [4.78, 5) is 13.0. The van der Waals surface area contributed by atoms with Crippen LogP contribution in [-0.2, 0) is 4.79 Å². The zero-order chi connectivity index (χ0) is 16.7. The SMILES string of the molecule is CCC1(C)C(O)=C(C(=O)C(C)CC2CCCC2)C(C)C1(C)C. The summed E-state index contributed by atoms with van der Waals surface area (Å²) in [5.41, 5.74) is 0.355. The molecule has 0 aromatic rings. The van der Waals surface area contributed by atoms with Gasteiger partial charge in [0.25, 0.3) is 0 Å². The topological polar surface area (TPSA) is 37.3 Å². The third-order valence-electron chi connectivity index (χ3n) is 7.30. The van der Waals surface area contributed by atoms with Crippen molar-refractivity contribution in [3.8, 4) is 0 Å². The lowest BCUT2D eigenvalue weighted by atomic mass is 9.63. The number of hydrogen-bond acceptors (Lipinski definition) is 2. The van der Waals surface area contributed by atoms with Gasteiger partial charge in [-0.3, -0.25) is 4.79 Å². The van der Waals surface area contributed by atoms with Gasteiger partial charge in [-0.1, -0.05) is 67.2 Å². The van der Waals surface area contributed by atoms with E-state index in [1.807, 2.05) is 0 Å². The molecule has 2 aliphatic rings. The molecule has 126 valence electrons. The molecule has 0 radical (unpaired) electrons. The zero-order valence-electron chi connectivity index (χ0n) is 15.3. The number of rotatable bonds is 5. The minimum Gasteiger partial charge on any atom is -0.511 e. The van der Waals surface area contributed by atoms with Crippen LogP contribution in [0, 0.1) is 28.6 Å². The second-order valence-electron chi connectivity index (χ2n) is 8.54. The van der Waals surface area contributed by atoms with Crippen molar-refractivity contribution in [2.75, 3.05) is 0 Å². The van der Waals surface area contributed by atoms with Gasteiger partial charge < -0.3 is 5.11 Å². The van der Waals surface area contributed by atoms with Crippen LogP contribution in [0.2, 0.25) is 0 Å². The first kappa shape index (κ1) is 17.6. The molecule has 0 aliphatic heterocycles. The summed E-state index contributed by atoms with van der Waals surface area (Å²) < 4.78 is 0. The molecule has 0 aromatic carbocycles. The van der Waals surface area contributed by atoms with Crippen LogP contribution in [0.15, 0.2) is 11.3 Å². The Kier molecular flexibility index (Phi) is 4.80. The van der Waals surface area contributed by atoms with Crippen molar-refractivity contribution in [1.82, 2.24) is 0 Å². The van der Waals surface area contributed by atoms with Crippen molar-refractivity contribution in [3.63, 3.8) is 0 Å². The Balaban J connectivity index is 2.24. The molecular weight excluding hydrogens is 272 g/mol. The van der Waals surface area contributed by atoms with E-state index in [1.165, 1.54) is 25.7 Å². The van der Waals surface area contributed by atoms with E-state index in [0.29, 0.717) is 11.7 Å². The van der Waals surface area contributed by atoms with Gasteiger partial charge in [0.15, 0.2) is 5.78 Å². The lowest BCUT2D eigenvalue weighted by Gasteiger charge is -2.40. The summed E-state index contributed by atoms with van der Waals surface area (Å²) in [5, 5.41) is 10.9. The van der Waals surface area contributed by atoms with Crippen molar-refractivity contribution in [1.29, 1.82) is 0 Å². The first-order valence-electron chi connectivity index (χ1n) is 9.14. The van der Waals surface area contributed by atoms with Crippen LogP contribution >= 0.6 is 0 Å². The maximum Gasteiger partial charge on any atom is 0.165 e. The minimum atomic E-state index is -0.287. The Labute approximate surface area is 136 Å². The molecule has 0 heterocycles. The molecule has 0 bridgehead atoms. The van der Waals surface area contributed by atoms with Crippen LogP contribution in [0.1, 0.15) is 80.1 Å². The average molecular weight is 306 g/mol. The molecule has 0 saturated heterocycles. The van der Waals surface area contributed by atoms with E-state index in [4.69, 9.17) is 0 Å². The Bertz CT molecular complexity index is 468. The van der Waals surface area contributed by atoms with E-state index in [2.05, 4.69) is 41.5 Å². The number of aliphatic hydroxyl groups excluding tert-OH is 1. The summed E-state index contributed by atoms with van der Waals surface area (Å²) in [6.45, 7) is 12.8. The van der Waals surface area contributed by atoms with Crippen molar-refractivity contribution in [3.05, 3.63) is 11.3 Å². The van der Waals surface area contributed by atoms with Gasteiger partial charge in [0, 0.05) is 16.9 Å². The Morgan fingerprint density at radius 2 is 1.82 bits per heavy atom. The third kappa shape index (κ3) is 2.53. The lowest BCUT2D eigenvalue weighted by Crippen LogP contribution is -2.36. The van der Waals surface area contributed by atoms with E-state index in [1.54, 1.807) is 0 Å². The molecule has 2 nitrogen and oxygen atoms in total. The van der Waals surface area contributed by atoms with Crippen LogP contribution in [0.3, 0.4) is 0 Å². The molecule has 3 unspecified atom stereocenters. The van der Waals surface area contributed by atoms with E-state index < -0.39 is 0 Å². The molecule has 1 N–H and O–H groups in total. The van der Waals surface area contributed by atoms with Crippen LogP contribution in [0.5, 0.6) is 0 Å². The van der Waals surface area contributed by atoms with Gasteiger partial charge in [-0.2, -0.15) is 0 Å². The van der Waals surface area contributed by atoms with E-state index in [9.17, 15) is 9.90 Å². The normalized spacial score (nSPS) is 33.5. The first-order valence-corrected chi connectivity index (χ1v) is 9.14. The number of ketones is 1. The van der Waals surface area contributed by atoms with Gasteiger partial charge in [0.2, 0.25) is 0 Å². The van der Waals surface area contributed by atoms with Crippen LogP contribution < -0.4 is 0 Å². The number of carbonyl (C=O) groups is 1. The second kappa shape index (κ2) is 6.02. The van der Waals surface area contributed by atoms with Crippen molar-refractivity contribution in [2.24, 2.45) is 28.6 Å². The number of hydrogen-bond donors (Lipinski definition) is 1. The van der Waals surface area contributed by atoms with Crippen LogP contribution in [0.25, 0.3) is 0 Å². The molecular formula is C20H34O2. The molecule has 2 heteroatoms. The van der Waals surface area contributed by atoms with Crippen molar-refractivity contribution >= 4 is 5.78 Å². The Morgan fingerprint density at radius 1 is 1.27 bits per heavy atom. The Hall–Kier alpha value is -0.790. The highest BCUT2D eigenvalue weighted by atomic mass is 16.3. The molecule has 1 saturated carbocycles.